The van der Waals surface area contributed by atoms with Crippen molar-refractivity contribution in [2.24, 2.45) is 5.92 Å². The Hall–Kier alpha value is -2.89. The zero-order valence-electron chi connectivity index (χ0n) is 16.9. The van der Waals surface area contributed by atoms with E-state index in [1.165, 1.54) is 16.4 Å². The summed E-state index contributed by atoms with van der Waals surface area (Å²) < 4.78 is 32.8. The number of benzene rings is 2. The molecule has 0 aromatic heterocycles. The standard InChI is InChI=1S/C22H25N3O4S/c1-2-29-20-9-11-21(12-10-20)30(27,28)25-15-3-4-18(16-25)22(26)24-19-7-5-17(6-8-19)13-14-23/h5-12,18H,2-4,13,15-16H2,1H3,(H,24,26)/t18-/m0/s1. The molecule has 158 valence electrons. The summed E-state index contributed by atoms with van der Waals surface area (Å²) in [4.78, 5) is 12.9. The van der Waals surface area contributed by atoms with E-state index in [9.17, 15) is 13.2 Å². The third kappa shape index (κ3) is 5.17. The van der Waals surface area contributed by atoms with Gasteiger partial charge in [0.1, 0.15) is 5.75 Å². The maximum absolute atomic E-state index is 13.0. The fraction of sp³-hybridized carbons (Fsp3) is 0.364. The Labute approximate surface area is 177 Å². The van der Waals surface area contributed by atoms with Crippen molar-refractivity contribution in [3.63, 3.8) is 0 Å². The number of nitrogens with zero attached hydrogens (tertiary/aromatic N) is 2. The zero-order chi connectivity index (χ0) is 21.6. The summed E-state index contributed by atoms with van der Waals surface area (Å²) >= 11 is 0. The molecular formula is C22H25N3O4S. The fourth-order valence-corrected chi connectivity index (χ4v) is 4.96. The number of hydrogen-bond donors (Lipinski definition) is 1. The minimum Gasteiger partial charge on any atom is -0.494 e. The monoisotopic (exact) mass is 427 g/mol. The number of amides is 1. The molecule has 0 aliphatic carbocycles. The minimum atomic E-state index is -3.68. The molecule has 3 rings (SSSR count). The number of piperidine rings is 1. The van der Waals surface area contributed by atoms with E-state index in [2.05, 4.69) is 11.4 Å². The predicted octanol–water partition coefficient (Wildman–Crippen LogP) is 3.19. The summed E-state index contributed by atoms with van der Waals surface area (Å²) in [6, 6.07) is 15.5. The van der Waals surface area contributed by atoms with E-state index in [-0.39, 0.29) is 17.3 Å². The summed E-state index contributed by atoms with van der Waals surface area (Å²) in [5, 5.41) is 11.6. The molecule has 2 aromatic carbocycles. The van der Waals surface area contributed by atoms with Crippen molar-refractivity contribution < 1.29 is 17.9 Å². The average Bonchev–Trinajstić information content (AvgIpc) is 2.76. The molecule has 0 radical (unpaired) electrons. The number of carbonyl (C=O) groups is 1. The van der Waals surface area contributed by atoms with Gasteiger partial charge in [0.2, 0.25) is 15.9 Å². The second-order valence-corrected chi connectivity index (χ2v) is 9.07. The first kappa shape index (κ1) is 21.8. The number of anilines is 1. The van der Waals surface area contributed by atoms with E-state index in [4.69, 9.17) is 10.00 Å². The zero-order valence-corrected chi connectivity index (χ0v) is 17.7. The maximum atomic E-state index is 13.0. The first-order valence-electron chi connectivity index (χ1n) is 9.94. The van der Waals surface area contributed by atoms with Crippen LogP contribution < -0.4 is 10.1 Å². The molecule has 1 saturated heterocycles. The molecule has 1 heterocycles. The Balaban J connectivity index is 1.66. The Morgan fingerprint density at radius 2 is 1.90 bits per heavy atom. The van der Waals surface area contributed by atoms with Crippen molar-refractivity contribution in [3.8, 4) is 11.8 Å². The Kier molecular flexibility index (Phi) is 7.08. The normalized spacial score (nSPS) is 17.1. The predicted molar refractivity (Wildman–Crippen MR) is 113 cm³/mol. The molecule has 1 amide bonds. The summed E-state index contributed by atoms with van der Waals surface area (Å²) in [5.41, 5.74) is 1.51. The van der Waals surface area contributed by atoms with Crippen molar-refractivity contribution in [1.29, 1.82) is 5.26 Å². The largest absolute Gasteiger partial charge is 0.494 e. The Morgan fingerprint density at radius 1 is 1.20 bits per heavy atom. The molecule has 1 aliphatic heterocycles. The van der Waals surface area contributed by atoms with Gasteiger partial charge < -0.3 is 10.1 Å². The van der Waals surface area contributed by atoms with Gasteiger partial charge in [-0.05, 0) is 61.7 Å². The molecule has 30 heavy (non-hydrogen) atoms. The lowest BCUT2D eigenvalue weighted by molar-refractivity contribution is -0.120. The van der Waals surface area contributed by atoms with E-state index >= 15 is 0 Å². The van der Waals surface area contributed by atoms with E-state index < -0.39 is 15.9 Å². The maximum Gasteiger partial charge on any atom is 0.243 e. The van der Waals surface area contributed by atoms with E-state index in [0.717, 1.165) is 5.56 Å². The molecule has 1 atom stereocenters. The third-order valence-corrected chi connectivity index (χ3v) is 6.91. The highest BCUT2D eigenvalue weighted by Crippen LogP contribution is 2.26. The van der Waals surface area contributed by atoms with Crippen LogP contribution in [0.3, 0.4) is 0 Å². The highest BCUT2D eigenvalue weighted by atomic mass is 32.2. The second-order valence-electron chi connectivity index (χ2n) is 7.13. The van der Waals surface area contributed by atoms with Crippen LogP contribution >= 0.6 is 0 Å². The third-order valence-electron chi connectivity index (χ3n) is 5.03. The SMILES string of the molecule is CCOc1ccc(S(=O)(=O)N2CCC[C@H](C(=O)Nc3ccc(CC#N)cc3)C2)cc1. The van der Waals surface area contributed by atoms with Gasteiger partial charge in [0.15, 0.2) is 0 Å². The van der Waals surface area contributed by atoms with Gasteiger partial charge in [-0.15, -0.1) is 0 Å². The second kappa shape index (κ2) is 9.74. The molecule has 0 spiro atoms. The van der Waals surface area contributed by atoms with Crippen molar-refractivity contribution >= 4 is 21.6 Å². The van der Waals surface area contributed by atoms with Crippen LogP contribution in [-0.4, -0.2) is 38.3 Å². The first-order valence-corrected chi connectivity index (χ1v) is 11.4. The lowest BCUT2D eigenvalue weighted by Crippen LogP contribution is -2.43. The van der Waals surface area contributed by atoms with Crippen molar-refractivity contribution in [1.82, 2.24) is 4.31 Å². The van der Waals surface area contributed by atoms with Crippen LogP contribution in [0.1, 0.15) is 25.3 Å². The van der Waals surface area contributed by atoms with Gasteiger partial charge in [-0.25, -0.2) is 8.42 Å². The molecule has 0 unspecified atom stereocenters. The molecule has 2 aromatic rings. The Morgan fingerprint density at radius 3 is 2.53 bits per heavy atom. The lowest BCUT2D eigenvalue weighted by Gasteiger charge is -2.31. The quantitative estimate of drug-likeness (QED) is 0.732. The molecule has 1 fully saturated rings. The van der Waals surface area contributed by atoms with Crippen LogP contribution in [0.4, 0.5) is 5.69 Å². The molecule has 0 bridgehead atoms. The molecule has 1 N–H and O–H groups in total. The number of carbonyl (C=O) groups excluding carboxylic acids is 1. The van der Waals surface area contributed by atoms with E-state index in [0.29, 0.717) is 43.9 Å². The van der Waals surface area contributed by atoms with Gasteiger partial charge in [-0.1, -0.05) is 12.1 Å². The smallest absolute Gasteiger partial charge is 0.243 e. The van der Waals surface area contributed by atoms with Gasteiger partial charge in [-0.3, -0.25) is 4.79 Å². The van der Waals surface area contributed by atoms with Gasteiger partial charge in [0.25, 0.3) is 0 Å². The highest BCUT2D eigenvalue weighted by Gasteiger charge is 2.33. The number of sulfonamides is 1. The molecule has 1 aliphatic rings. The Bertz CT molecular complexity index is 1010. The van der Waals surface area contributed by atoms with Gasteiger partial charge in [0, 0.05) is 18.8 Å². The average molecular weight is 428 g/mol. The number of ether oxygens (including phenoxy) is 1. The number of rotatable bonds is 7. The van der Waals surface area contributed by atoms with Crippen molar-refractivity contribution in [3.05, 3.63) is 54.1 Å². The van der Waals surface area contributed by atoms with Crippen LogP contribution in [0.15, 0.2) is 53.4 Å². The van der Waals surface area contributed by atoms with Crippen LogP contribution in [0, 0.1) is 17.2 Å². The molecule has 8 heteroatoms. The highest BCUT2D eigenvalue weighted by molar-refractivity contribution is 7.89. The van der Waals surface area contributed by atoms with Gasteiger partial charge >= 0.3 is 0 Å². The summed E-state index contributed by atoms with van der Waals surface area (Å²) in [6.07, 6.45) is 1.57. The van der Waals surface area contributed by atoms with E-state index in [1.54, 1.807) is 36.4 Å². The molecule has 7 nitrogen and oxygen atoms in total. The van der Waals surface area contributed by atoms with Crippen LogP contribution in [0.2, 0.25) is 0 Å². The summed E-state index contributed by atoms with van der Waals surface area (Å²) in [5.74, 6) is -0.00206. The topological polar surface area (TPSA) is 99.5 Å². The number of nitrogens with one attached hydrogen (secondary N) is 1. The molecule has 0 saturated carbocycles. The lowest BCUT2D eigenvalue weighted by atomic mass is 9.98. The van der Waals surface area contributed by atoms with Gasteiger partial charge in [-0.2, -0.15) is 9.57 Å². The summed E-state index contributed by atoms with van der Waals surface area (Å²) in [7, 11) is -3.68. The first-order chi connectivity index (χ1) is 14.4. The van der Waals surface area contributed by atoms with Crippen molar-refractivity contribution in [2.45, 2.75) is 31.1 Å². The van der Waals surface area contributed by atoms with Crippen LogP contribution in [0.25, 0.3) is 0 Å². The van der Waals surface area contributed by atoms with Crippen LogP contribution in [0.5, 0.6) is 5.75 Å². The van der Waals surface area contributed by atoms with Gasteiger partial charge in [0.05, 0.1) is 29.9 Å². The van der Waals surface area contributed by atoms with E-state index in [1.807, 2.05) is 6.92 Å². The molecular weight excluding hydrogens is 402 g/mol. The minimum absolute atomic E-state index is 0.147. The fourth-order valence-electron chi connectivity index (χ4n) is 3.44. The number of hydrogen-bond acceptors (Lipinski definition) is 5. The number of nitriles is 1. The van der Waals surface area contributed by atoms with Crippen molar-refractivity contribution in [2.75, 3.05) is 25.0 Å². The summed E-state index contributed by atoms with van der Waals surface area (Å²) in [6.45, 7) is 2.91. The van der Waals surface area contributed by atoms with Crippen LogP contribution in [-0.2, 0) is 21.2 Å².